The zero-order valence-corrected chi connectivity index (χ0v) is 10.4. The van der Waals surface area contributed by atoms with Crippen LogP contribution in [0.2, 0.25) is 0 Å². The van der Waals surface area contributed by atoms with Crippen molar-refractivity contribution in [3.8, 4) is 16.9 Å². The molecule has 0 radical (unpaired) electrons. The largest absolute Gasteiger partial charge is 0.265 e. The minimum absolute atomic E-state index is 0.241. The van der Waals surface area contributed by atoms with Crippen molar-refractivity contribution in [2.45, 2.75) is 6.92 Å². The summed E-state index contributed by atoms with van der Waals surface area (Å²) in [5.41, 5.74) is 3.76. The van der Waals surface area contributed by atoms with Crippen molar-refractivity contribution in [3.05, 3.63) is 66.4 Å². The molecular formula is C15H12FN3. The first-order valence-electron chi connectivity index (χ1n) is 5.96. The minimum Gasteiger partial charge on any atom is -0.265 e. The molecule has 3 rings (SSSR count). The summed E-state index contributed by atoms with van der Waals surface area (Å²) in [6.45, 7) is 1.99. The van der Waals surface area contributed by atoms with Crippen LogP contribution in [0.4, 0.5) is 4.39 Å². The summed E-state index contributed by atoms with van der Waals surface area (Å²) in [5.74, 6) is -0.241. The second-order valence-corrected chi connectivity index (χ2v) is 4.32. The number of halogens is 1. The molecule has 4 heteroatoms. The maximum absolute atomic E-state index is 12.9. The maximum Gasteiger partial charge on any atom is 0.123 e. The van der Waals surface area contributed by atoms with Crippen LogP contribution in [-0.2, 0) is 0 Å². The molecule has 0 saturated carbocycles. The van der Waals surface area contributed by atoms with Crippen LogP contribution in [0.25, 0.3) is 16.9 Å². The van der Waals surface area contributed by atoms with Gasteiger partial charge in [-0.2, -0.15) is 5.10 Å². The van der Waals surface area contributed by atoms with E-state index in [-0.39, 0.29) is 5.82 Å². The minimum atomic E-state index is -0.241. The summed E-state index contributed by atoms with van der Waals surface area (Å²) in [5, 5.41) is 4.55. The third-order valence-corrected chi connectivity index (χ3v) is 2.94. The standard InChI is InChI=1S/C15H12FN3/c1-11-10-19(14-6-8-17-9-7-14)18-15(11)12-2-4-13(16)5-3-12/h2-10H,1H3. The van der Waals surface area contributed by atoms with Crippen LogP contribution in [0.5, 0.6) is 0 Å². The fourth-order valence-electron chi connectivity index (χ4n) is 1.98. The number of benzene rings is 1. The Hall–Kier alpha value is -2.49. The van der Waals surface area contributed by atoms with Gasteiger partial charge in [-0.1, -0.05) is 0 Å². The molecule has 0 aliphatic rings. The van der Waals surface area contributed by atoms with E-state index in [0.29, 0.717) is 0 Å². The molecule has 0 bridgehead atoms. The van der Waals surface area contributed by atoms with Crippen LogP contribution in [0.3, 0.4) is 0 Å². The van der Waals surface area contributed by atoms with Gasteiger partial charge in [0.2, 0.25) is 0 Å². The van der Waals surface area contributed by atoms with Crippen molar-refractivity contribution in [1.82, 2.24) is 14.8 Å². The number of pyridine rings is 1. The van der Waals surface area contributed by atoms with Crippen molar-refractivity contribution in [1.29, 1.82) is 0 Å². The van der Waals surface area contributed by atoms with Gasteiger partial charge < -0.3 is 0 Å². The smallest absolute Gasteiger partial charge is 0.123 e. The van der Waals surface area contributed by atoms with Crippen molar-refractivity contribution in [3.63, 3.8) is 0 Å². The van der Waals surface area contributed by atoms with Crippen LogP contribution < -0.4 is 0 Å². The lowest BCUT2D eigenvalue weighted by molar-refractivity contribution is 0.628. The van der Waals surface area contributed by atoms with Crippen LogP contribution in [0.15, 0.2) is 55.0 Å². The van der Waals surface area contributed by atoms with Crippen LogP contribution >= 0.6 is 0 Å². The summed E-state index contributed by atoms with van der Waals surface area (Å²) >= 11 is 0. The molecule has 0 fully saturated rings. The number of hydrogen-bond donors (Lipinski definition) is 0. The van der Waals surface area contributed by atoms with E-state index < -0.39 is 0 Å². The number of aromatic nitrogens is 3. The molecule has 0 amide bonds. The number of aryl methyl sites for hydroxylation is 1. The SMILES string of the molecule is Cc1cn(-c2ccncc2)nc1-c1ccc(F)cc1. The molecule has 3 nitrogen and oxygen atoms in total. The van der Waals surface area contributed by atoms with Gasteiger partial charge in [-0.15, -0.1) is 0 Å². The molecular weight excluding hydrogens is 241 g/mol. The summed E-state index contributed by atoms with van der Waals surface area (Å²) < 4.78 is 14.7. The maximum atomic E-state index is 12.9. The van der Waals surface area contributed by atoms with Gasteiger partial charge in [0, 0.05) is 24.2 Å². The second-order valence-electron chi connectivity index (χ2n) is 4.32. The van der Waals surface area contributed by atoms with E-state index in [0.717, 1.165) is 22.5 Å². The first-order valence-corrected chi connectivity index (χ1v) is 5.96. The van der Waals surface area contributed by atoms with E-state index in [1.54, 1.807) is 29.2 Å². The van der Waals surface area contributed by atoms with Crippen molar-refractivity contribution >= 4 is 0 Å². The lowest BCUT2D eigenvalue weighted by atomic mass is 10.1. The third kappa shape index (κ3) is 2.25. The molecule has 0 saturated heterocycles. The average molecular weight is 253 g/mol. The predicted molar refractivity (Wildman–Crippen MR) is 71.5 cm³/mol. The Balaban J connectivity index is 2.05. The van der Waals surface area contributed by atoms with Crippen LogP contribution in [-0.4, -0.2) is 14.8 Å². The van der Waals surface area contributed by atoms with E-state index in [2.05, 4.69) is 10.1 Å². The molecule has 0 atom stereocenters. The van der Waals surface area contributed by atoms with Crippen LogP contribution in [0.1, 0.15) is 5.56 Å². The highest BCUT2D eigenvalue weighted by Crippen LogP contribution is 2.22. The molecule has 0 N–H and O–H groups in total. The van der Waals surface area contributed by atoms with Gasteiger partial charge in [0.1, 0.15) is 5.82 Å². The number of rotatable bonds is 2. The summed E-state index contributed by atoms with van der Waals surface area (Å²) in [6.07, 6.45) is 5.40. The quantitative estimate of drug-likeness (QED) is 0.701. The summed E-state index contributed by atoms with van der Waals surface area (Å²) in [7, 11) is 0. The molecule has 19 heavy (non-hydrogen) atoms. The molecule has 2 aromatic heterocycles. The van der Waals surface area contributed by atoms with Crippen molar-refractivity contribution in [2.24, 2.45) is 0 Å². The highest BCUT2D eigenvalue weighted by Gasteiger charge is 2.08. The lowest BCUT2D eigenvalue weighted by Crippen LogP contribution is -1.94. The molecule has 3 aromatic rings. The van der Waals surface area contributed by atoms with Crippen LogP contribution in [0, 0.1) is 12.7 Å². The van der Waals surface area contributed by atoms with Gasteiger partial charge in [-0.05, 0) is 48.9 Å². The topological polar surface area (TPSA) is 30.7 Å². The number of nitrogens with zero attached hydrogens (tertiary/aromatic N) is 3. The predicted octanol–water partition coefficient (Wildman–Crippen LogP) is 3.38. The van der Waals surface area contributed by atoms with Gasteiger partial charge in [0.05, 0.1) is 11.4 Å². The molecule has 2 heterocycles. The zero-order chi connectivity index (χ0) is 13.2. The van der Waals surface area contributed by atoms with Crippen molar-refractivity contribution < 1.29 is 4.39 Å². The van der Waals surface area contributed by atoms with E-state index in [9.17, 15) is 4.39 Å². The third-order valence-electron chi connectivity index (χ3n) is 2.94. The van der Waals surface area contributed by atoms with E-state index in [1.165, 1.54) is 12.1 Å². The Morgan fingerprint density at radius 1 is 1.00 bits per heavy atom. The fraction of sp³-hybridized carbons (Fsp3) is 0.0667. The molecule has 0 aliphatic carbocycles. The zero-order valence-electron chi connectivity index (χ0n) is 10.4. The summed E-state index contributed by atoms with van der Waals surface area (Å²) in [4.78, 5) is 3.99. The Morgan fingerprint density at radius 3 is 2.37 bits per heavy atom. The Labute approximate surface area is 110 Å². The van der Waals surface area contributed by atoms with Crippen molar-refractivity contribution in [2.75, 3.05) is 0 Å². The highest BCUT2D eigenvalue weighted by atomic mass is 19.1. The first kappa shape index (κ1) is 11.6. The van der Waals surface area contributed by atoms with Gasteiger partial charge >= 0.3 is 0 Å². The highest BCUT2D eigenvalue weighted by molar-refractivity contribution is 5.62. The molecule has 94 valence electrons. The van der Waals surface area contributed by atoms with E-state index in [1.807, 2.05) is 25.3 Å². The summed E-state index contributed by atoms with van der Waals surface area (Å²) in [6, 6.07) is 10.1. The molecule has 0 unspecified atom stereocenters. The lowest BCUT2D eigenvalue weighted by Gasteiger charge is -2.00. The molecule has 0 aliphatic heterocycles. The van der Waals surface area contributed by atoms with Gasteiger partial charge in [-0.25, -0.2) is 9.07 Å². The average Bonchev–Trinajstić information content (AvgIpc) is 2.83. The fourth-order valence-corrected chi connectivity index (χ4v) is 1.98. The van der Waals surface area contributed by atoms with Gasteiger partial charge in [0.25, 0.3) is 0 Å². The van der Waals surface area contributed by atoms with Gasteiger partial charge in [-0.3, -0.25) is 4.98 Å². The Bertz CT molecular complexity index is 687. The Kier molecular flexibility index (Phi) is 2.83. The number of hydrogen-bond acceptors (Lipinski definition) is 2. The Morgan fingerprint density at radius 2 is 1.68 bits per heavy atom. The monoisotopic (exact) mass is 253 g/mol. The second kappa shape index (κ2) is 4.65. The van der Waals surface area contributed by atoms with E-state index >= 15 is 0 Å². The van der Waals surface area contributed by atoms with Gasteiger partial charge in [0.15, 0.2) is 0 Å². The van der Waals surface area contributed by atoms with E-state index in [4.69, 9.17) is 0 Å². The first-order chi connectivity index (χ1) is 9.24. The molecule has 1 aromatic carbocycles. The normalized spacial score (nSPS) is 10.6. The molecule has 0 spiro atoms.